The number of para-hydroxylation sites is 1. The van der Waals surface area contributed by atoms with Crippen LogP contribution < -0.4 is 10.7 Å². The standard InChI is InChI=1S/C25H23N3O4/c1-14-10-15(2)12-17(11-14)27-21-7-5-4-6-19(21)23(25(27)32)16(3)28(26)24(31)20-9-8-18(29)13-22(20)30/h4-13,29-30H,26H2,1-3H3/b23-16+. The average Bonchev–Trinajstić information content (AvgIpc) is 3.03. The molecule has 32 heavy (non-hydrogen) atoms. The van der Waals surface area contributed by atoms with Crippen LogP contribution in [0.25, 0.3) is 5.57 Å². The number of anilines is 2. The molecule has 3 aromatic rings. The van der Waals surface area contributed by atoms with Crippen molar-refractivity contribution < 1.29 is 19.8 Å². The lowest BCUT2D eigenvalue weighted by Crippen LogP contribution is -2.37. The highest BCUT2D eigenvalue weighted by atomic mass is 16.3. The predicted molar refractivity (Wildman–Crippen MR) is 122 cm³/mol. The van der Waals surface area contributed by atoms with Crippen molar-refractivity contribution in [2.24, 2.45) is 5.84 Å². The molecule has 7 heteroatoms. The monoisotopic (exact) mass is 429 g/mol. The third-order valence-corrected chi connectivity index (χ3v) is 5.45. The van der Waals surface area contributed by atoms with Gasteiger partial charge < -0.3 is 10.2 Å². The lowest BCUT2D eigenvalue weighted by atomic mass is 10.0. The number of hydrazine groups is 1. The van der Waals surface area contributed by atoms with Gasteiger partial charge in [-0.05, 0) is 62.2 Å². The summed E-state index contributed by atoms with van der Waals surface area (Å²) < 4.78 is 0. The van der Waals surface area contributed by atoms with Crippen LogP contribution in [-0.4, -0.2) is 27.0 Å². The first-order chi connectivity index (χ1) is 15.2. The Morgan fingerprint density at radius 2 is 1.62 bits per heavy atom. The molecule has 0 aromatic heterocycles. The normalized spacial score (nSPS) is 14.4. The predicted octanol–water partition coefficient (Wildman–Crippen LogP) is 4.14. The van der Waals surface area contributed by atoms with E-state index < -0.39 is 11.7 Å². The van der Waals surface area contributed by atoms with Gasteiger partial charge in [0, 0.05) is 23.0 Å². The molecule has 3 aromatic carbocycles. The summed E-state index contributed by atoms with van der Waals surface area (Å²) in [6.45, 7) is 5.52. The van der Waals surface area contributed by atoms with Crippen molar-refractivity contribution in [2.45, 2.75) is 20.8 Å². The second kappa shape index (κ2) is 7.86. The zero-order valence-electron chi connectivity index (χ0n) is 18.0. The van der Waals surface area contributed by atoms with Gasteiger partial charge in [0.05, 0.1) is 16.8 Å². The van der Waals surface area contributed by atoms with Gasteiger partial charge in [-0.3, -0.25) is 14.5 Å². The molecule has 4 N–H and O–H groups in total. The summed E-state index contributed by atoms with van der Waals surface area (Å²) in [5.41, 5.74) is 4.60. The van der Waals surface area contributed by atoms with Crippen molar-refractivity contribution in [1.29, 1.82) is 0 Å². The van der Waals surface area contributed by atoms with E-state index in [1.54, 1.807) is 11.8 Å². The van der Waals surface area contributed by atoms with Crippen molar-refractivity contribution in [1.82, 2.24) is 5.01 Å². The lowest BCUT2D eigenvalue weighted by molar-refractivity contribution is -0.112. The number of carbonyl (C=O) groups is 2. The number of phenolic OH excluding ortho intramolecular Hbond substituents is 2. The van der Waals surface area contributed by atoms with Gasteiger partial charge >= 0.3 is 0 Å². The van der Waals surface area contributed by atoms with Crippen LogP contribution in [0.2, 0.25) is 0 Å². The van der Waals surface area contributed by atoms with Crippen molar-refractivity contribution in [2.75, 3.05) is 4.90 Å². The van der Waals surface area contributed by atoms with Gasteiger partial charge in [0.25, 0.3) is 11.8 Å². The van der Waals surface area contributed by atoms with Crippen LogP contribution in [-0.2, 0) is 4.79 Å². The lowest BCUT2D eigenvalue weighted by Gasteiger charge is -2.21. The third-order valence-electron chi connectivity index (χ3n) is 5.45. The number of carbonyl (C=O) groups excluding carboxylic acids is 2. The molecule has 0 atom stereocenters. The highest BCUT2D eigenvalue weighted by Gasteiger charge is 2.36. The molecule has 0 spiro atoms. The highest BCUT2D eigenvalue weighted by Crippen LogP contribution is 2.43. The largest absolute Gasteiger partial charge is 0.508 e. The number of phenols is 2. The molecule has 0 saturated heterocycles. The third kappa shape index (κ3) is 3.48. The van der Waals surface area contributed by atoms with E-state index in [1.165, 1.54) is 12.1 Å². The van der Waals surface area contributed by atoms with Crippen LogP contribution in [0.1, 0.15) is 34.0 Å². The van der Waals surface area contributed by atoms with Gasteiger partial charge in [-0.1, -0.05) is 24.3 Å². The second-order valence-corrected chi connectivity index (χ2v) is 7.84. The van der Waals surface area contributed by atoms with Crippen LogP contribution in [0.5, 0.6) is 11.5 Å². The Bertz CT molecular complexity index is 1280. The number of hydrogen-bond donors (Lipinski definition) is 3. The zero-order valence-corrected chi connectivity index (χ0v) is 18.0. The first-order valence-corrected chi connectivity index (χ1v) is 10.0. The van der Waals surface area contributed by atoms with Crippen LogP contribution in [0.4, 0.5) is 11.4 Å². The van der Waals surface area contributed by atoms with E-state index in [0.29, 0.717) is 16.8 Å². The average molecular weight is 429 g/mol. The molecule has 162 valence electrons. The molecule has 0 bridgehead atoms. The molecular formula is C25H23N3O4. The SMILES string of the molecule is C/C(=C1\C(=O)N(c2cc(C)cc(C)c2)c2ccccc21)N(N)C(=O)c1ccc(O)cc1O. The fraction of sp³-hybridized carbons (Fsp3) is 0.120. The minimum atomic E-state index is -0.706. The number of fused-ring (bicyclic) bond motifs is 1. The molecule has 0 saturated carbocycles. The van der Waals surface area contributed by atoms with E-state index in [4.69, 9.17) is 5.84 Å². The van der Waals surface area contributed by atoms with Crippen LogP contribution in [0, 0.1) is 13.8 Å². The summed E-state index contributed by atoms with van der Waals surface area (Å²) in [5.74, 6) is 4.52. The number of hydrogen-bond acceptors (Lipinski definition) is 5. The maximum atomic E-state index is 13.6. The summed E-state index contributed by atoms with van der Waals surface area (Å²) in [4.78, 5) is 28.1. The summed E-state index contributed by atoms with van der Waals surface area (Å²) >= 11 is 0. The quantitative estimate of drug-likeness (QED) is 0.251. The van der Waals surface area contributed by atoms with E-state index in [0.717, 1.165) is 27.9 Å². The van der Waals surface area contributed by atoms with E-state index >= 15 is 0 Å². The Balaban J connectivity index is 1.82. The van der Waals surface area contributed by atoms with Gasteiger partial charge in [0.2, 0.25) is 0 Å². The minimum Gasteiger partial charge on any atom is -0.508 e. The van der Waals surface area contributed by atoms with Gasteiger partial charge in [0.1, 0.15) is 11.5 Å². The Hall–Kier alpha value is -4.10. The Morgan fingerprint density at radius 1 is 0.969 bits per heavy atom. The maximum absolute atomic E-state index is 13.6. The Morgan fingerprint density at radius 3 is 2.28 bits per heavy atom. The van der Waals surface area contributed by atoms with Crippen molar-refractivity contribution >= 4 is 28.8 Å². The van der Waals surface area contributed by atoms with Crippen molar-refractivity contribution in [3.63, 3.8) is 0 Å². The summed E-state index contributed by atoms with van der Waals surface area (Å²) in [5, 5.41) is 20.4. The first-order valence-electron chi connectivity index (χ1n) is 10.0. The molecule has 1 heterocycles. The molecule has 0 fully saturated rings. The fourth-order valence-corrected chi connectivity index (χ4v) is 4.01. The van der Waals surface area contributed by atoms with E-state index in [1.807, 2.05) is 56.3 Å². The van der Waals surface area contributed by atoms with E-state index in [-0.39, 0.29) is 22.9 Å². The van der Waals surface area contributed by atoms with Crippen LogP contribution in [0.3, 0.4) is 0 Å². The zero-order chi connectivity index (χ0) is 23.2. The van der Waals surface area contributed by atoms with Gasteiger partial charge in [-0.25, -0.2) is 10.9 Å². The van der Waals surface area contributed by atoms with Gasteiger partial charge in [0.15, 0.2) is 0 Å². The maximum Gasteiger partial charge on any atom is 0.275 e. The summed E-state index contributed by atoms with van der Waals surface area (Å²) in [6.07, 6.45) is 0. The van der Waals surface area contributed by atoms with Crippen LogP contribution in [0.15, 0.2) is 66.4 Å². The molecular weight excluding hydrogens is 406 g/mol. The number of amides is 2. The number of allylic oxidation sites excluding steroid dienone is 1. The van der Waals surface area contributed by atoms with Crippen LogP contribution >= 0.6 is 0 Å². The smallest absolute Gasteiger partial charge is 0.275 e. The molecule has 0 radical (unpaired) electrons. The second-order valence-electron chi connectivity index (χ2n) is 7.84. The first kappa shape index (κ1) is 21.1. The number of nitrogens with two attached hydrogens (primary N) is 1. The molecule has 7 nitrogen and oxygen atoms in total. The number of rotatable bonds is 3. The van der Waals surface area contributed by atoms with Gasteiger partial charge in [-0.15, -0.1) is 0 Å². The fourth-order valence-electron chi connectivity index (χ4n) is 4.01. The minimum absolute atomic E-state index is 0.0878. The molecule has 0 unspecified atom stereocenters. The number of aryl methyl sites for hydroxylation is 2. The highest BCUT2D eigenvalue weighted by molar-refractivity contribution is 6.35. The Kier molecular flexibility index (Phi) is 5.20. The molecule has 4 rings (SSSR count). The number of benzene rings is 3. The Labute approximate surface area is 185 Å². The van der Waals surface area contributed by atoms with E-state index in [2.05, 4.69) is 0 Å². The van der Waals surface area contributed by atoms with Gasteiger partial charge in [-0.2, -0.15) is 0 Å². The molecule has 0 aliphatic carbocycles. The van der Waals surface area contributed by atoms with Crippen molar-refractivity contribution in [3.8, 4) is 11.5 Å². The van der Waals surface area contributed by atoms with Crippen molar-refractivity contribution in [3.05, 3.63) is 88.6 Å². The summed E-state index contributed by atoms with van der Waals surface area (Å²) in [6, 6.07) is 16.8. The number of nitrogens with zero attached hydrogens (tertiary/aromatic N) is 2. The molecule has 1 aliphatic rings. The topological polar surface area (TPSA) is 107 Å². The number of aromatic hydroxyl groups is 2. The molecule has 2 amide bonds. The van der Waals surface area contributed by atoms with E-state index in [9.17, 15) is 19.8 Å². The molecule has 1 aliphatic heterocycles. The summed E-state index contributed by atoms with van der Waals surface area (Å²) in [7, 11) is 0.